The molecule has 0 N–H and O–H groups in total. The molecule has 0 heteroatoms. The molecule has 160 valence electrons. The molecule has 2 aromatic carbocycles. The number of allylic oxidation sites excluding steroid dienone is 10. The summed E-state index contributed by atoms with van der Waals surface area (Å²) in [5.74, 6) is 0.707. The van der Waals surface area contributed by atoms with Crippen LogP contribution in [0.1, 0.15) is 54.4 Å². The number of fused-ring (bicyclic) bond motifs is 1. The Labute approximate surface area is 193 Å². The minimum atomic E-state index is 0.245. The van der Waals surface area contributed by atoms with Crippen molar-refractivity contribution in [2.75, 3.05) is 0 Å². The van der Waals surface area contributed by atoms with Gasteiger partial charge in [-0.2, -0.15) is 0 Å². The van der Waals surface area contributed by atoms with Crippen molar-refractivity contribution in [3.05, 3.63) is 142 Å². The molecule has 2 aromatic rings. The van der Waals surface area contributed by atoms with E-state index in [0.717, 1.165) is 25.7 Å². The lowest BCUT2D eigenvalue weighted by Gasteiger charge is -2.33. The summed E-state index contributed by atoms with van der Waals surface area (Å²) in [5, 5.41) is 0. The summed E-state index contributed by atoms with van der Waals surface area (Å²) in [7, 11) is 0. The zero-order chi connectivity index (χ0) is 22.2. The Morgan fingerprint density at radius 3 is 2.47 bits per heavy atom. The third-order valence-corrected chi connectivity index (χ3v) is 7.27. The van der Waals surface area contributed by atoms with Crippen molar-refractivity contribution >= 4 is 0 Å². The molecule has 0 spiro atoms. The maximum absolute atomic E-state index is 4.46. The number of aryl methyl sites for hydroxylation is 1. The standard InChI is InChI=1S/C32H32/c1-21-13-15-26(16-14-21)32-28-12-8-7-11-27(28)19-30(25-9-5-6-10-25)31(32)20-29-23(3)17-22(2)18-24(29)4/h5-9,11-16,20,24,32H,2-3,10,17-19H2,1,4H3/b29-20+. The number of rotatable bonds is 3. The molecule has 3 aliphatic carbocycles. The van der Waals surface area contributed by atoms with Gasteiger partial charge in [0, 0.05) is 5.92 Å². The van der Waals surface area contributed by atoms with Gasteiger partial charge >= 0.3 is 0 Å². The van der Waals surface area contributed by atoms with Crippen LogP contribution in [0.3, 0.4) is 0 Å². The van der Waals surface area contributed by atoms with Gasteiger partial charge in [-0.05, 0) is 83.1 Å². The smallest absolute Gasteiger partial charge is 0.0345 e. The van der Waals surface area contributed by atoms with Gasteiger partial charge in [0.25, 0.3) is 0 Å². The van der Waals surface area contributed by atoms with Gasteiger partial charge in [-0.15, -0.1) is 0 Å². The summed E-state index contributed by atoms with van der Waals surface area (Å²) < 4.78 is 0. The van der Waals surface area contributed by atoms with Gasteiger partial charge in [0.2, 0.25) is 0 Å². The lowest BCUT2D eigenvalue weighted by atomic mass is 9.70. The van der Waals surface area contributed by atoms with E-state index in [-0.39, 0.29) is 5.92 Å². The van der Waals surface area contributed by atoms with E-state index < -0.39 is 0 Å². The summed E-state index contributed by atoms with van der Waals surface area (Å²) >= 11 is 0. The molecule has 2 unspecified atom stereocenters. The van der Waals surface area contributed by atoms with E-state index in [2.05, 4.69) is 99.8 Å². The highest BCUT2D eigenvalue weighted by molar-refractivity contribution is 5.62. The van der Waals surface area contributed by atoms with Gasteiger partial charge in [-0.25, -0.2) is 0 Å². The number of benzene rings is 2. The lowest BCUT2D eigenvalue weighted by Crippen LogP contribution is -2.18. The van der Waals surface area contributed by atoms with Crippen LogP contribution in [0.4, 0.5) is 0 Å². The third kappa shape index (κ3) is 3.79. The minimum Gasteiger partial charge on any atom is -0.0995 e. The molecule has 0 radical (unpaired) electrons. The highest BCUT2D eigenvalue weighted by Crippen LogP contribution is 2.46. The first-order valence-electron chi connectivity index (χ1n) is 11.8. The monoisotopic (exact) mass is 416 g/mol. The molecule has 0 aliphatic heterocycles. The van der Waals surface area contributed by atoms with E-state index in [4.69, 9.17) is 0 Å². The first kappa shape index (κ1) is 20.8. The first-order valence-corrected chi connectivity index (χ1v) is 11.8. The second-order valence-corrected chi connectivity index (χ2v) is 9.71. The highest BCUT2D eigenvalue weighted by atomic mass is 14.3. The molecule has 5 rings (SSSR count). The third-order valence-electron chi connectivity index (χ3n) is 7.27. The van der Waals surface area contributed by atoms with Crippen LogP contribution in [0, 0.1) is 12.8 Å². The van der Waals surface area contributed by atoms with Crippen molar-refractivity contribution in [1.29, 1.82) is 0 Å². The highest BCUT2D eigenvalue weighted by Gasteiger charge is 2.31. The largest absolute Gasteiger partial charge is 0.0995 e. The zero-order valence-corrected chi connectivity index (χ0v) is 19.3. The predicted molar refractivity (Wildman–Crippen MR) is 137 cm³/mol. The van der Waals surface area contributed by atoms with Crippen molar-refractivity contribution in [2.24, 2.45) is 5.92 Å². The Hall–Kier alpha value is -3.12. The molecule has 0 heterocycles. The van der Waals surface area contributed by atoms with Crippen molar-refractivity contribution in [1.82, 2.24) is 0 Å². The van der Waals surface area contributed by atoms with Crippen LogP contribution in [0.25, 0.3) is 0 Å². The molecule has 32 heavy (non-hydrogen) atoms. The number of hydrogen-bond acceptors (Lipinski definition) is 0. The maximum Gasteiger partial charge on any atom is 0.0345 e. The second-order valence-electron chi connectivity index (χ2n) is 9.71. The topological polar surface area (TPSA) is 0 Å². The number of hydrogen-bond donors (Lipinski definition) is 0. The van der Waals surface area contributed by atoms with Gasteiger partial charge in [0.05, 0.1) is 0 Å². The lowest BCUT2D eigenvalue weighted by molar-refractivity contribution is 0.631. The molecule has 0 saturated heterocycles. The molecule has 0 bridgehead atoms. The minimum absolute atomic E-state index is 0.245. The van der Waals surface area contributed by atoms with Crippen molar-refractivity contribution in [2.45, 2.75) is 45.4 Å². The quantitative estimate of drug-likeness (QED) is 0.441. The Balaban J connectivity index is 1.74. The fourth-order valence-electron chi connectivity index (χ4n) is 5.65. The van der Waals surface area contributed by atoms with Gasteiger partial charge in [0.1, 0.15) is 0 Å². The van der Waals surface area contributed by atoms with Gasteiger partial charge in [-0.1, -0.05) is 104 Å². The van der Waals surface area contributed by atoms with E-state index >= 15 is 0 Å². The van der Waals surface area contributed by atoms with Gasteiger partial charge in [0.15, 0.2) is 0 Å². The zero-order valence-electron chi connectivity index (χ0n) is 19.3. The molecule has 0 amide bonds. The Kier molecular flexibility index (Phi) is 5.47. The molecule has 0 aromatic heterocycles. The summed E-state index contributed by atoms with van der Waals surface area (Å²) in [6.07, 6.45) is 13.3. The summed E-state index contributed by atoms with van der Waals surface area (Å²) in [4.78, 5) is 0. The van der Waals surface area contributed by atoms with Crippen molar-refractivity contribution in [3.8, 4) is 0 Å². The first-order chi connectivity index (χ1) is 15.5. The van der Waals surface area contributed by atoms with E-state index in [1.807, 2.05) is 0 Å². The van der Waals surface area contributed by atoms with Crippen LogP contribution < -0.4 is 0 Å². The average Bonchev–Trinajstić information content (AvgIpc) is 3.31. The van der Waals surface area contributed by atoms with Crippen LogP contribution in [-0.2, 0) is 6.42 Å². The molecule has 3 aliphatic rings. The van der Waals surface area contributed by atoms with Crippen LogP contribution in [0.5, 0.6) is 0 Å². The molecule has 0 nitrogen and oxygen atoms in total. The summed E-state index contributed by atoms with van der Waals surface area (Å²) in [5.41, 5.74) is 13.9. The van der Waals surface area contributed by atoms with Crippen LogP contribution >= 0.6 is 0 Å². The van der Waals surface area contributed by atoms with Crippen LogP contribution in [0.15, 0.2) is 119 Å². The molecular weight excluding hydrogens is 384 g/mol. The van der Waals surface area contributed by atoms with E-state index in [9.17, 15) is 0 Å². The molecule has 2 atom stereocenters. The molecule has 1 fully saturated rings. The van der Waals surface area contributed by atoms with Crippen LogP contribution in [0.2, 0.25) is 0 Å². The second kappa shape index (κ2) is 8.43. The van der Waals surface area contributed by atoms with Crippen molar-refractivity contribution < 1.29 is 0 Å². The fourth-order valence-corrected chi connectivity index (χ4v) is 5.65. The van der Waals surface area contributed by atoms with Crippen molar-refractivity contribution in [3.63, 3.8) is 0 Å². The van der Waals surface area contributed by atoms with E-state index in [1.54, 1.807) is 0 Å². The van der Waals surface area contributed by atoms with Gasteiger partial charge < -0.3 is 0 Å². The Morgan fingerprint density at radius 1 is 0.969 bits per heavy atom. The predicted octanol–water partition coefficient (Wildman–Crippen LogP) is 8.33. The van der Waals surface area contributed by atoms with Gasteiger partial charge in [-0.3, -0.25) is 0 Å². The molecule has 1 saturated carbocycles. The maximum atomic E-state index is 4.46. The summed E-state index contributed by atoms with van der Waals surface area (Å²) in [6, 6.07) is 18.2. The average molecular weight is 417 g/mol. The summed E-state index contributed by atoms with van der Waals surface area (Å²) in [6.45, 7) is 13.2. The van der Waals surface area contributed by atoms with E-state index in [0.29, 0.717) is 5.92 Å². The normalized spacial score (nSPS) is 24.2. The SMILES string of the molecule is C=C1CC(=C)/C(=C\C2=C(C3=CC=CC3)Cc3ccccc3C2c2ccc(C)cc2)C(C)C1. The molecular formula is C32H32. The van der Waals surface area contributed by atoms with Crippen LogP contribution in [-0.4, -0.2) is 0 Å². The Morgan fingerprint density at radius 2 is 1.75 bits per heavy atom. The van der Waals surface area contributed by atoms with E-state index in [1.165, 1.54) is 55.7 Å². The fraction of sp³-hybridized carbons (Fsp3) is 0.250. The Bertz CT molecular complexity index is 1210.